The quantitative estimate of drug-likeness (QED) is 0.558. The lowest BCUT2D eigenvalue weighted by Crippen LogP contribution is -2.17. The molecule has 0 saturated carbocycles. The first-order valence-electron chi connectivity index (χ1n) is 6.27. The number of sulfone groups is 2. The van der Waals surface area contributed by atoms with Crippen LogP contribution in [0.15, 0.2) is 51.5 Å². The van der Waals surface area contributed by atoms with Gasteiger partial charge in [-0.1, -0.05) is 18.2 Å². The van der Waals surface area contributed by atoms with Crippen LogP contribution in [0.25, 0.3) is 0 Å². The molecule has 1 aromatic heterocycles. The van der Waals surface area contributed by atoms with E-state index in [4.69, 9.17) is 0 Å². The summed E-state index contributed by atoms with van der Waals surface area (Å²) >= 11 is 0. The summed E-state index contributed by atoms with van der Waals surface area (Å²) < 4.78 is 73.0. The molecule has 0 radical (unpaired) electrons. The number of benzene rings is 1. The SMILES string of the molecule is CS(=O)(=O)c1cc(NS(=O)(=O)c2ccccc2)nc(S(C)(=O)=O)n1. The Morgan fingerprint density at radius 1 is 0.833 bits per heavy atom. The van der Waals surface area contributed by atoms with Crippen LogP contribution in [0.3, 0.4) is 0 Å². The molecule has 0 fully saturated rings. The highest BCUT2D eigenvalue weighted by atomic mass is 32.2. The largest absolute Gasteiger partial charge is 0.263 e. The number of nitrogens with one attached hydrogen (secondary N) is 1. The Balaban J connectivity index is 2.59. The normalized spacial score (nSPS) is 12.8. The smallest absolute Gasteiger partial charge is 0.263 e. The number of rotatable bonds is 5. The maximum atomic E-state index is 12.3. The van der Waals surface area contributed by atoms with Crippen LogP contribution in [0, 0.1) is 0 Å². The maximum absolute atomic E-state index is 12.3. The van der Waals surface area contributed by atoms with Crippen molar-refractivity contribution in [3.8, 4) is 0 Å². The van der Waals surface area contributed by atoms with Crippen LogP contribution in [0.1, 0.15) is 0 Å². The van der Waals surface area contributed by atoms with E-state index in [1.807, 2.05) is 0 Å². The molecule has 0 spiro atoms. The third kappa shape index (κ3) is 4.27. The summed E-state index contributed by atoms with van der Waals surface area (Å²) in [4.78, 5) is 6.94. The fourth-order valence-electron chi connectivity index (χ4n) is 1.61. The molecule has 12 heteroatoms. The number of hydrogen-bond acceptors (Lipinski definition) is 8. The van der Waals surface area contributed by atoms with E-state index in [2.05, 4.69) is 14.7 Å². The molecule has 0 aliphatic carbocycles. The molecule has 2 rings (SSSR count). The third-order valence-electron chi connectivity index (χ3n) is 2.69. The number of aromatic nitrogens is 2. The van der Waals surface area contributed by atoms with Crippen molar-refractivity contribution in [3.63, 3.8) is 0 Å². The van der Waals surface area contributed by atoms with E-state index in [0.29, 0.717) is 0 Å². The van der Waals surface area contributed by atoms with Gasteiger partial charge in [0.2, 0.25) is 15.0 Å². The van der Waals surface area contributed by atoms with Gasteiger partial charge in [0.05, 0.1) is 4.90 Å². The summed E-state index contributed by atoms with van der Waals surface area (Å²) in [6, 6.07) is 8.10. The molecule has 0 bridgehead atoms. The molecule has 9 nitrogen and oxygen atoms in total. The molecule has 0 aliphatic heterocycles. The van der Waals surface area contributed by atoms with Gasteiger partial charge in [0.25, 0.3) is 10.0 Å². The lowest BCUT2D eigenvalue weighted by molar-refractivity contribution is 0.584. The summed E-state index contributed by atoms with van der Waals surface area (Å²) in [6.07, 6.45) is 1.60. The summed E-state index contributed by atoms with van der Waals surface area (Å²) in [6.45, 7) is 0. The second-order valence-electron chi connectivity index (χ2n) is 4.84. The second-order valence-corrected chi connectivity index (χ2v) is 10.4. The average Bonchev–Trinajstić information content (AvgIpc) is 2.45. The fourth-order valence-corrected chi connectivity index (χ4v) is 3.79. The van der Waals surface area contributed by atoms with Gasteiger partial charge in [-0.2, -0.15) is 0 Å². The Kier molecular flexibility index (Phi) is 4.65. The summed E-state index contributed by atoms with van der Waals surface area (Å²) in [5.41, 5.74) is 0. The van der Waals surface area contributed by atoms with Crippen LogP contribution in [-0.4, -0.2) is 47.7 Å². The fraction of sp³-hybridized carbons (Fsp3) is 0.167. The molecule has 130 valence electrons. The van der Waals surface area contributed by atoms with E-state index >= 15 is 0 Å². The highest BCUT2D eigenvalue weighted by Crippen LogP contribution is 2.18. The Labute approximate surface area is 139 Å². The predicted molar refractivity (Wildman–Crippen MR) is 85.5 cm³/mol. The van der Waals surface area contributed by atoms with Crippen LogP contribution >= 0.6 is 0 Å². The molecular weight excluding hydrogens is 378 g/mol. The van der Waals surface area contributed by atoms with Gasteiger partial charge in [-0.15, -0.1) is 0 Å². The molecule has 1 N–H and O–H groups in total. The predicted octanol–water partition coefficient (Wildman–Crippen LogP) is 0.0844. The van der Waals surface area contributed by atoms with Crippen molar-refractivity contribution >= 4 is 35.5 Å². The van der Waals surface area contributed by atoms with Crippen molar-refractivity contribution in [2.45, 2.75) is 15.1 Å². The molecular formula is C12H13N3O6S3. The van der Waals surface area contributed by atoms with E-state index < -0.39 is 45.7 Å². The standard InChI is InChI=1S/C12H13N3O6S3/c1-22(16,17)11-8-10(13-12(14-11)23(2,18)19)15-24(20,21)9-6-4-3-5-7-9/h3-8H,1-2H3,(H,13,14,15). The van der Waals surface area contributed by atoms with Gasteiger partial charge >= 0.3 is 0 Å². The highest BCUT2D eigenvalue weighted by Gasteiger charge is 2.22. The lowest BCUT2D eigenvalue weighted by Gasteiger charge is -2.09. The lowest BCUT2D eigenvalue weighted by atomic mass is 10.4. The van der Waals surface area contributed by atoms with Crippen LogP contribution in [-0.2, 0) is 29.7 Å². The topological polar surface area (TPSA) is 140 Å². The molecule has 0 saturated heterocycles. The molecule has 2 aromatic rings. The molecule has 1 heterocycles. The summed E-state index contributed by atoms with van der Waals surface area (Å²) in [5, 5.41) is -1.40. The second kappa shape index (κ2) is 6.11. The minimum Gasteiger partial charge on any atom is -0.263 e. The molecule has 0 atom stereocenters. The first-order valence-corrected chi connectivity index (χ1v) is 11.5. The van der Waals surface area contributed by atoms with Gasteiger partial charge in [0.1, 0.15) is 5.82 Å². The molecule has 0 aliphatic rings. The highest BCUT2D eigenvalue weighted by molar-refractivity contribution is 7.93. The summed E-state index contributed by atoms with van der Waals surface area (Å²) in [7, 11) is -11.9. The van der Waals surface area contributed by atoms with Crippen molar-refractivity contribution < 1.29 is 25.3 Å². The van der Waals surface area contributed by atoms with Gasteiger partial charge in [0.15, 0.2) is 14.9 Å². The van der Waals surface area contributed by atoms with Crippen molar-refractivity contribution in [2.75, 3.05) is 17.2 Å². The minimum absolute atomic E-state index is 0.0922. The third-order valence-corrected chi connectivity index (χ3v) is 5.87. The summed E-state index contributed by atoms with van der Waals surface area (Å²) in [5.74, 6) is -0.463. The van der Waals surface area contributed by atoms with E-state index in [1.54, 1.807) is 6.07 Å². The maximum Gasteiger partial charge on any atom is 0.263 e. The van der Waals surface area contributed by atoms with Gasteiger partial charge in [0, 0.05) is 18.6 Å². The monoisotopic (exact) mass is 391 g/mol. The van der Waals surface area contributed by atoms with E-state index in [0.717, 1.165) is 18.6 Å². The molecule has 24 heavy (non-hydrogen) atoms. The van der Waals surface area contributed by atoms with Crippen molar-refractivity contribution in [3.05, 3.63) is 36.4 Å². The Morgan fingerprint density at radius 2 is 1.42 bits per heavy atom. The van der Waals surface area contributed by atoms with Crippen LogP contribution in [0.4, 0.5) is 5.82 Å². The van der Waals surface area contributed by atoms with E-state index in [1.165, 1.54) is 24.3 Å². The van der Waals surface area contributed by atoms with Gasteiger partial charge in [-0.25, -0.2) is 35.2 Å². The average molecular weight is 391 g/mol. The Morgan fingerprint density at radius 3 is 1.92 bits per heavy atom. The van der Waals surface area contributed by atoms with E-state index in [9.17, 15) is 25.3 Å². The van der Waals surface area contributed by atoms with Crippen LogP contribution in [0.2, 0.25) is 0 Å². The number of anilines is 1. The van der Waals surface area contributed by atoms with Crippen molar-refractivity contribution in [2.24, 2.45) is 0 Å². The zero-order valence-corrected chi connectivity index (χ0v) is 15.0. The molecule has 1 aromatic carbocycles. The van der Waals surface area contributed by atoms with Crippen LogP contribution in [0.5, 0.6) is 0 Å². The van der Waals surface area contributed by atoms with Crippen LogP contribution < -0.4 is 4.72 Å². The number of nitrogens with zero attached hydrogens (tertiary/aromatic N) is 2. The minimum atomic E-state index is -4.07. The number of sulfonamides is 1. The molecule has 0 amide bonds. The zero-order valence-electron chi connectivity index (χ0n) is 12.5. The van der Waals surface area contributed by atoms with Gasteiger partial charge < -0.3 is 0 Å². The molecule has 0 unspecified atom stereocenters. The van der Waals surface area contributed by atoms with Gasteiger partial charge in [-0.3, -0.25) is 4.72 Å². The van der Waals surface area contributed by atoms with E-state index in [-0.39, 0.29) is 4.90 Å². The Bertz CT molecular complexity index is 1030. The van der Waals surface area contributed by atoms with Crippen molar-refractivity contribution in [1.82, 2.24) is 9.97 Å². The number of hydrogen-bond donors (Lipinski definition) is 1. The van der Waals surface area contributed by atoms with Gasteiger partial charge in [-0.05, 0) is 12.1 Å². The first kappa shape index (κ1) is 18.3. The zero-order chi connectivity index (χ0) is 18.2. The Hall–Kier alpha value is -2.05. The van der Waals surface area contributed by atoms with Crippen molar-refractivity contribution in [1.29, 1.82) is 0 Å². The first-order chi connectivity index (χ1) is 10.9.